The van der Waals surface area contributed by atoms with Gasteiger partial charge in [0.1, 0.15) is 0 Å². The predicted molar refractivity (Wildman–Crippen MR) is 66.4 cm³/mol. The van der Waals surface area contributed by atoms with E-state index in [-0.39, 0.29) is 5.82 Å². The molecule has 1 aromatic rings. The van der Waals surface area contributed by atoms with Crippen molar-refractivity contribution in [2.45, 2.75) is 6.92 Å². The fourth-order valence-corrected chi connectivity index (χ4v) is 1.33. The Morgan fingerprint density at radius 2 is 2.00 bits per heavy atom. The summed E-state index contributed by atoms with van der Waals surface area (Å²) in [6, 6.07) is 0. The van der Waals surface area contributed by atoms with Crippen molar-refractivity contribution in [3.8, 4) is 0 Å². The molecule has 0 unspecified atom stereocenters. The van der Waals surface area contributed by atoms with Crippen molar-refractivity contribution < 1.29 is 0 Å². The molecule has 7 heteroatoms. The van der Waals surface area contributed by atoms with Gasteiger partial charge in [-0.3, -0.25) is 9.36 Å². The number of nitrogens with one attached hydrogen (secondary N) is 1. The zero-order valence-corrected chi connectivity index (χ0v) is 10.7. The van der Waals surface area contributed by atoms with E-state index in [2.05, 4.69) is 22.2 Å². The molecule has 7 nitrogen and oxygen atoms in total. The Hall–Kier alpha value is -1.63. The van der Waals surface area contributed by atoms with Crippen LogP contribution in [0.2, 0.25) is 0 Å². The number of likely N-dealkylation sites (N-methyl/N-ethyl adjacent to an activating group) is 1. The van der Waals surface area contributed by atoms with Gasteiger partial charge in [0, 0.05) is 27.2 Å². The summed E-state index contributed by atoms with van der Waals surface area (Å²) in [5, 5.41) is 6.84. The molecular formula is C10H19N5O2. The van der Waals surface area contributed by atoms with E-state index in [0.717, 1.165) is 22.3 Å². The Morgan fingerprint density at radius 3 is 2.59 bits per heavy atom. The van der Waals surface area contributed by atoms with Crippen LogP contribution < -0.4 is 16.6 Å². The van der Waals surface area contributed by atoms with Gasteiger partial charge >= 0.3 is 5.69 Å². The number of rotatable bonds is 5. The number of hydrogen-bond donors (Lipinski definition) is 1. The molecule has 0 aliphatic carbocycles. The lowest BCUT2D eigenvalue weighted by Gasteiger charge is -2.14. The molecule has 0 fully saturated rings. The molecule has 17 heavy (non-hydrogen) atoms. The zero-order chi connectivity index (χ0) is 13.0. The number of aryl methyl sites for hydroxylation is 1. The quantitative estimate of drug-likeness (QED) is 0.704. The Balaban J connectivity index is 2.80. The van der Waals surface area contributed by atoms with Crippen molar-refractivity contribution in [1.82, 2.24) is 19.2 Å². The summed E-state index contributed by atoms with van der Waals surface area (Å²) >= 11 is 0. The van der Waals surface area contributed by atoms with E-state index in [1.165, 1.54) is 14.1 Å². The third-order valence-electron chi connectivity index (χ3n) is 2.65. The highest BCUT2D eigenvalue weighted by Gasteiger charge is 2.07. The predicted octanol–water partition coefficient (Wildman–Crippen LogP) is -1.16. The Bertz CT molecular complexity index is 490. The van der Waals surface area contributed by atoms with E-state index in [1.807, 2.05) is 7.05 Å². The van der Waals surface area contributed by atoms with Crippen LogP contribution in [0.4, 0.5) is 5.82 Å². The zero-order valence-electron chi connectivity index (χ0n) is 10.7. The fraction of sp³-hybridized carbons (Fsp3) is 0.700. The third-order valence-corrected chi connectivity index (χ3v) is 2.65. The maximum Gasteiger partial charge on any atom is 0.346 e. The molecule has 0 aromatic carbocycles. The molecule has 0 saturated heterocycles. The maximum atomic E-state index is 11.7. The molecule has 0 aliphatic rings. The molecule has 96 valence electrons. The largest absolute Gasteiger partial charge is 0.363 e. The minimum atomic E-state index is -0.425. The standard InChI is InChI=1S/C10H19N5O2/c1-5-13(2)7-6-11-8-9(16)14(3)10(17)15(4)12-8/h5-7H2,1-4H3,(H,11,12). The fourth-order valence-electron chi connectivity index (χ4n) is 1.33. The SMILES string of the molecule is CCN(C)CCNc1nn(C)c(=O)n(C)c1=O. The molecule has 0 atom stereocenters. The van der Waals surface area contributed by atoms with E-state index in [1.54, 1.807) is 0 Å². The summed E-state index contributed by atoms with van der Waals surface area (Å²) in [5.41, 5.74) is -0.821. The molecule has 0 spiro atoms. The molecule has 0 bridgehead atoms. The Kier molecular flexibility index (Phi) is 4.45. The van der Waals surface area contributed by atoms with Gasteiger partial charge in [-0.25, -0.2) is 9.48 Å². The van der Waals surface area contributed by atoms with Crippen LogP contribution in [0.1, 0.15) is 6.92 Å². The van der Waals surface area contributed by atoms with Gasteiger partial charge in [0.25, 0.3) is 5.56 Å². The smallest absolute Gasteiger partial charge is 0.346 e. The minimum Gasteiger partial charge on any atom is -0.363 e. The first-order valence-corrected chi connectivity index (χ1v) is 5.54. The van der Waals surface area contributed by atoms with E-state index in [4.69, 9.17) is 0 Å². The first kappa shape index (κ1) is 13.4. The van der Waals surface area contributed by atoms with E-state index in [9.17, 15) is 9.59 Å². The van der Waals surface area contributed by atoms with E-state index >= 15 is 0 Å². The topological polar surface area (TPSA) is 72.2 Å². The molecule has 0 saturated carbocycles. The average molecular weight is 241 g/mol. The van der Waals surface area contributed by atoms with Gasteiger partial charge in [-0.1, -0.05) is 6.92 Å². The van der Waals surface area contributed by atoms with Gasteiger partial charge in [-0.2, -0.15) is 0 Å². The normalized spacial score (nSPS) is 10.9. The number of anilines is 1. The average Bonchev–Trinajstić information content (AvgIpc) is 2.32. The second-order valence-electron chi connectivity index (χ2n) is 3.94. The van der Waals surface area contributed by atoms with Gasteiger partial charge in [0.15, 0.2) is 0 Å². The van der Waals surface area contributed by atoms with Crippen molar-refractivity contribution in [3.05, 3.63) is 20.8 Å². The highest BCUT2D eigenvalue weighted by atomic mass is 16.2. The summed E-state index contributed by atoms with van der Waals surface area (Å²) in [6.45, 7) is 4.43. The van der Waals surface area contributed by atoms with Gasteiger partial charge in [-0.15, -0.1) is 5.10 Å². The molecule has 1 heterocycles. The first-order valence-electron chi connectivity index (χ1n) is 5.54. The lowest BCUT2D eigenvalue weighted by molar-refractivity contribution is 0.366. The molecule has 0 aliphatic heterocycles. The second kappa shape index (κ2) is 5.62. The Labute approximate surface area is 99.7 Å². The van der Waals surface area contributed by atoms with Crippen LogP contribution in [0.15, 0.2) is 9.59 Å². The van der Waals surface area contributed by atoms with Crippen molar-refractivity contribution in [2.75, 3.05) is 32.0 Å². The van der Waals surface area contributed by atoms with E-state index < -0.39 is 11.2 Å². The maximum absolute atomic E-state index is 11.7. The highest BCUT2D eigenvalue weighted by Crippen LogP contribution is 1.89. The van der Waals surface area contributed by atoms with Gasteiger partial charge in [0.05, 0.1) is 0 Å². The molecule has 1 N–H and O–H groups in total. The number of aromatic nitrogens is 3. The van der Waals surface area contributed by atoms with Gasteiger partial charge in [-0.05, 0) is 13.6 Å². The third kappa shape index (κ3) is 3.16. The van der Waals surface area contributed by atoms with E-state index in [0.29, 0.717) is 6.54 Å². The second-order valence-corrected chi connectivity index (χ2v) is 3.94. The van der Waals surface area contributed by atoms with Gasteiger partial charge in [0.2, 0.25) is 5.82 Å². The van der Waals surface area contributed by atoms with Crippen LogP contribution in [0.5, 0.6) is 0 Å². The first-order chi connectivity index (χ1) is 7.97. The minimum absolute atomic E-state index is 0.208. The monoisotopic (exact) mass is 241 g/mol. The van der Waals surface area contributed by atoms with Crippen molar-refractivity contribution in [1.29, 1.82) is 0 Å². The van der Waals surface area contributed by atoms with Crippen LogP contribution in [0, 0.1) is 0 Å². The molecule has 1 rings (SSSR count). The number of nitrogens with zero attached hydrogens (tertiary/aromatic N) is 4. The highest BCUT2D eigenvalue weighted by molar-refractivity contribution is 5.29. The van der Waals surface area contributed by atoms with Crippen LogP contribution >= 0.6 is 0 Å². The van der Waals surface area contributed by atoms with Crippen LogP contribution in [0.25, 0.3) is 0 Å². The van der Waals surface area contributed by atoms with Crippen molar-refractivity contribution >= 4 is 5.82 Å². The summed E-state index contributed by atoms with van der Waals surface area (Å²) in [6.07, 6.45) is 0. The molecular weight excluding hydrogens is 222 g/mol. The Morgan fingerprint density at radius 1 is 1.35 bits per heavy atom. The summed E-state index contributed by atoms with van der Waals surface area (Å²) < 4.78 is 2.19. The van der Waals surface area contributed by atoms with Crippen molar-refractivity contribution in [2.24, 2.45) is 14.1 Å². The number of hydrogen-bond acceptors (Lipinski definition) is 5. The summed E-state index contributed by atoms with van der Waals surface area (Å²) in [4.78, 5) is 25.2. The summed E-state index contributed by atoms with van der Waals surface area (Å²) in [7, 11) is 4.95. The van der Waals surface area contributed by atoms with Crippen LogP contribution in [-0.4, -0.2) is 45.9 Å². The van der Waals surface area contributed by atoms with Gasteiger partial charge < -0.3 is 10.2 Å². The molecule has 0 radical (unpaired) electrons. The molecule has 0 amide bonds. The van der Waals surface area contributed by atoms with Crippen LogP contribution in [0.3, 0.4) is 0 Å². The van der Waals surface area contributed by atoms with Crippen LogP contribution in [-0.2, 0) is 14.1 Å². The summed E-state index contributed by atoms with van der Waals surface area (Å²) in [5.74, 6) is 0.208. The van der Waals surface area contributed by atoms with Crippen molar-refractivity contribution in [3.63, 3.8) is 0 Å². The lowest BCUT2D eigenvalue weighted by Crippen LogP contribution is -2.40. The molecule has 1 aromatic heterocycles. The lowest BCUT2D eigenvalue weighted by atomic mass is 10.5.